The summed E-state index contributed by atoms with van der Waals surface area (Å²) in [6.45, 7) is 25.7. The van der Waals surface area contributed by atoms with Gasteiger partial charge in [-0.3, -0.25) is 4.79 Å². The Morgan fingerprint density at radius 3 is 1.31 bits per heavy atom. The van der Waals surface area contributed by atoms with Gasteiger partial charge in [0, 0.05) is 34.1 Å². The van der Waals surface area contributed by atoms with Crippen molar-refractivity contribution in [2.24, 2.45) is 16.7 Å². The molecule has 0 saturated carbocycles. The van der Waals surface area contributed by atoms with Crippen molar-refractivity contribution in [3.8, 4) is 5.75 Å². The molecular weight excluding hydrogens is 625 g/mol. The molecule has 4 nitrogen and oxygen atoms in total. The lowest BCUT2D eigenvalue weighted by Gasteiger charge is -2.34. The number of ether oxygens (including phenoxy) is 1. The Kier molecular flexibility index (Phi) is 10.9. The van der Waals surface area contributed by atoms with Gasteiger partial charge in [0.25, 0.3) is 0 Å². The second kappa shape index (κ2) is 14.8. The van der Waals surface area contributed by atoms with Crippen molar-refractivity contribution >= 4 is 40.1 Å². The summed E-state index contributed by atoms with van der Waals surface area (Å²) in [5.74, 6) is 0.215. The van der Waals surface area contributed by atoms with Gasteiger partial charge in [-0.2, -0.15) is 0 Å². The zero-order valence-electron chi connectivity index (χ0n) is 32.8. The smallest absolute Gasteiger partial charge is 0.314 e. The Hall–Kier alpha value is -4.83. The van der Waals surface area contributed by atoms with E-state index >= 15 is 0 Å². The summed E-state index contributed by atoms with van der Waals surface area (Å²) >= 11 is 0. The van der Waals surface area contributed by atoms with E-state index in [-0.39, 0.29) is 22.7 Å². The van der Waals surface area contributed by atoms with Crippen LogP contribution < -0.4 is 14.5 Å². The minimum Gasteiger partial charge on any atom is -0.426 e. The topological polar surface area (TPSA) is 32.8 Å². The Morgan fingerprint density at radius 1 is 0.549 bits per heavy atom. The molecule has 0 bridgehead atoms. The summed E-state index contributed by atoms with van der Waals surface area (Å²) in [5.41, 5.74) is 13.2. The van der Waals surface area contributed by atoms with E-state index in [4.69, 9.17) is 4.74 Å². The van der Waals surface area contributed by atoms with E-state index in [0.717, 1.165) is 57.2 Å². The zero-order valence-corrected chi connectivity index (χ0v) is 32.8. The molecule has 0 N–H and O–H groups in total. The van der Waals surface area contributed by atoms with E-state index < -0.39 is 0 Å². The molecule has 0 radical (unpaired) electrons. The van der Waals surface area contributed by atoms with Gasteiger partial charge in [-0.1, -0.05) is 77.9 Å². The fourth-order valence-corrected chi connectivity index (χ4v) is 6.85. The SMILES string of the molecule is Cc1cccc(N(c2cccc(C)c2)c2cc(C)c(N(c3cccc(C)c3)c3ccc(OC(=O)C(CC(C)(C)C)C(C)(C)C)c(C)c3)cc2C)c1. The third-order valence-corrected chi connectivity index (χ3v) is 9.55. The summed E-state index contributed by atoms with van der Waals surface area (Å²) in [7, 11) is 0. The molecular formula is C47H56N2O2. The van der Waals surface area contributed by atoms with Crippen molar-refractivity contribution in [2.75, 3.05) is 9.80 Å². The van der Waals surface area contributed by atoms with Crippen LogP contribution in [0.25, 0.3) is 0 Å². The molecule has 0 aliphatic rings. The van der Waals surface area contributed by atoms with Gasteiger partial charge >= 0.3 is 5.97 Å². The lowest BCUT2D eigenvalue weighted by molar-refractivity contribution is -0.144. The average Bonchev–Trinajstić information content (AvgIpc) is 3.03. The number of carbonyl (C=O) groups excluding carboxylic acids is 1. The highest BCUT2D eigenvalue weighted by atomic mass is 16.5. The molecule has 0 heterocycles. The fourth-order valence-electron chi connectivity index (χ4n) is 6.85. The van der Waals surface area contributed by atoms with Crippen molar-refractivity contribution in [2.45, 2.75) is 89.5 Å². The maximum Gasteiger partial charge on any atom is 0.314 e. The number of benzene rings is 5. The lowest BCUT2D eigenvalue weighted by Crippen LogP contribution is -2.35. The Bertz CT molecular complexity index is 1980. The zero-order chi connectivity index (χ0) is 37.2. The minimum absolute atomic E-state index is 0.00678. The minimum atomic E-state index is -0.219. The highest BCUT2D eigenvalue weighted by Gasteiger charge is 2.36. The Morgan fingerprint density at radius 2 is 0.961 bits per heavy atom. The molecule has 51 heavy (non-hydrogen) atoms. The van der Waals surface area contributed by atoms with Gasteiger partial charge in [-0.25, -0.2) is 0 Å². The molecule has 5 aromatic rings. The number of aryl methyl sites for hydroxylation is 6. The monoisotopic (exact) mass is 680 g/mol. The molecule has 0 aromatic heterocycles. The quantitative estimate of drug-likeness (QED) is 0.115. The van der Waals surface area contributed by atoms with Gasteiger partial charge in [0.1, 0.15) is 5.75 Å². The van der Waals surface area contributed by atoms with Crippen LogP contribution in [-0.4, -0.2) is 5.97 Å². The predicted molar refractivity (Wildman–Crippen MR) is 217 cm³/mol. The maximum atomic E-state index is 13.7. The fraction of sp³-hybridized carbons (Fsp3) is 0.340. The van der Waals surface area contributed by atoms with Crippen LogP contribution in [-0.2, 0) is 4.79 Å². The summed E-state index contributed by atoms with van der Waals surface area (Å²) in [4.78, 5) is 18.3. The van der Waals surface area contributed by atoms with Crippen molar-refractivity contribution in [1.82, 2.24) is 0 Å². The van der Waals surface area contributed by atoms with E-state index in [0.29, 0.717) is 5.75 Å². The van der Waals surface area contributed by atoms with Crippen molar-refractivity contribution in [3.05, 3.63) is 137 Å². The highest BCUT2D eigenvalue weighted by Crippen LogP contribution is 2.44. The standard InChI is InChI=1S/C47H56N2O2/c1-31-16-13-19-37(24-31)48(38-20-14-17-32(2)25-38)42-28-35(5)43(29-34(42)4)49(39-21-15-18-33(3)26-39)40-22-23-44(36(6)27-40)51-45(50)41(47(10,11)12)30-46(7,8)9/h13-29,41H,30H2,1-12H3. The number of anilines is 6. The molecule has 0 spiro atoms. The van der Waals surface area contributed by atoms with Crippen molar-refractivity contribution < 1.29 is 9.53 Å². The molecule has 0 aliphatic carbocycles. The van der Waals surface area contributed by atoms with Gasteiger partial charge < -0.3 is 14.5 Å². The molecule has 266 valence electrons. The first-order valence-corrected chi connectivity index (χ1v) is 18.2. The Balaban J connectivity index is 1.59. The molecule has 1 unspecified atom stereocenters. The van der Waals surface area contributed by atoms with Crippen LogP contribution in [0.4, 0.5) is 34.1 Å². The van der Waals surface area contributed by atoms with Crippen LogP contribution in [0, 0.1) is 58.3 Å². The number of esters is 1. The van der Waals surface area contributed by atoms with Gasteiger partial charge in [0.05, 0.1) is 5.92 Å². The third-order valence-electron chi connectivity index (χ3n) is 9.55. The van der Waals surface area contributed by atoms with Crippen LogP contribution in [0.5, 0.6) is 5.75 Å². The predicted octanol–water partition coefficient (Wildman–Crippen LogP) is 13.5. The number of hydrogen-bond donors (Lipinski definition) is 0. The second-order valence-corrected chi connectivity index (χ2v) is 16.7. The summed E-state index contributed by atoms with van der Waals surface area (Å²) in [6, 6.07) is 36.8. The molecule has 0 fully saturated rings. The number of nitrogens with zero attached hydrogens (tertiary/aromatic N) is 2. The number of hydrogen-bond acceptors (Lipinski definition) is 4. The van der Waals surface area contributed by atoms with E-state index in [9.17, 15) is 4.79 Å². The molecule has 1 atom stereocenters. The van der Waals surface area contributed by atoms with Gasteiger partial charge in [0.2, 0.25) is 0 Å². The van der Waals surface area contributed by atoms with Gasteiger partial charge in [0.15, 0.2) is 0 Å². The molecule has 5 rings (SSSR count). The lowest BCUT2D eigenvalue weighted by atomic mass is 9.72. The van der Waals surface area contributed by atoms with Crippen LogP contribution in [0.15, 0.2) is 103 Å². The van der Waals surface area contributed by atoms with Crippen LogP contribution in [0.3, 0.4) is 0 Å². The summed E-state index contributed by atoms with van der Waals surface area (Å²) in [6.07, 6.45) is 0.757. The first kappa shape index (κ1) is 37.4. The van der Waals surface area contributed by atoms with Crippen LogP contribution in [0.2, 0.25) is 0 Å². The third kappa shape index (κ3) is 8.92. The molecule has 5 aromatic carbocycles. The van der Waals surface area contributed by atoms with Gasteiger partial charge in [-0.15, -0.1) is 0 Å². The van der Waals surface area contributed by atoms with Crippen molar-refractivity contribution in [1.29, 1.82) is 0 Å². The van der Waals surface area contributed by atoms with E-state index in [1.165, 1.54) is 16.7 Å². The molecule has 0 aliphatic heterocycles. The van der Waals surface area contributed by atoms with E-state index in [2.05, 4.69) is 183 Å². The average molecular weight is 681 g/mol. The second-order valence-electron chi connectivity index (χ2n) is 16.7. The van der Waals surface area contributed by atoms with Gasteiger partial charge in [-0.05, 0) is 159 Å². The summed E-state index contributed by atoms with van der Waals surface area (Å²) < 4.78 is 6.17. The summed E-state index contributed by atoms with van der Waals surface area (Å²) in [5, 5.41) is 0. The van der Waals surface area contributed by atoms with Crippen molar-refractivity contribution in [3.63, 3.8) is 0 Å². The molecule has 0 amide bonds. The first-order valence-electron chi connectivity index (χ1n) is 18.2. The highest BCUT2D eigenvalue weighted by molar-refractivity contribution is 5.85. The van der Waals surface area contributed by atoms with Crippen LogP contribution in [0.1, 0.15) is 81.3 Å². The first-order chi connectivity index (χ1) is 23.9. The van der Waals surface area contributed by atoms with Crippen LogP contribution >= 0.6 is 0 Å². The number of carbonyl (C=O) groups is 1. The Labute approximate surface area is 307 Å². The normalized spacial score (nSPS) is 12.4. The maximum absolute atomic E-state index is 13.7. The largest absolute Gasteiger partial charge is 0.426 e. The number of rotatable bonds is 9. The van der Waals surface area contributed by atoms with E-state index in [1.807, 2.05) is 13.0 Å². The molecule has 0 saturated heterocycles. The van der Waals surface area contributed by atoms with E-state index in [1.54, 1.807) is 0 Å². The molecule has 4 heteroatoms.